The van der Waals surface area contributed by atoms with Crippen LogP contribution in [-0.2, 0) is 0 Å². The zero-order valence-electron chi connectivity index (χ0n) is 9.17. The Kier molecular flexibility index (Phi) is 2.84. The summed E-state index contributed by atoms with van der Waals surface area (Å²) in [5.41, 5.74) is 6.38. The third kappa shape index (κ3) is 2.13. The molecule has 0 aliphatic heterocycles. The van der Waals surface area contributed by atoms with E-state index in [9.17, 15) is 0 Å². The van der Waals surface area contributed by atoms with E-state index in [1.165, 1.54) is 0 Å². The van der Waals surface area contributed by atoms with Crippen LogP contribution in [0.15, 0.2) is 27.4 Å². The summed E-state index contributed by atoms with van der Waals surface area (Å²) in [6.45, 7) is 0. The van der Waals surface area contributed by atoms with Crippen LogP contribution < -0.4 is 5.73 Å². The fraction of sp³-hybridized carbons (Fsp3) is 0. The van der Waals surface area contributed by atoms with Gasteiger partial charge in [-0.15, -0.1) is 0 Å². The highest BCUT2D eigenvalue weighted by Gasteiger charge is 2.17. The Morgan fingerprint density at radius 1 is 1.05 bits per heavy atom. The molecule has 3 aromatic rings. The fourth-order valence-electron chi connectivity index (χ4n) is 1.42. The van der Waals surface area contributed by atoms with Gasteiger partial charge in [-0.25, -0.2) is 4.63 Å². The van der Waals surface area contributed by atoms with Crippen LogP contribution in [0.3, 0.4) is 0 Å². The van der Waals surface area contributed by atoms with Crippen LogP contribution in [0.4, 0.5) is 5.82 Å². The summed E-state index contributed by atoms with van der Waals surface area (Å²) >= 11 is 11.7. The molecule has 0 atom stereocenters. The molecule has 2 heterocycles. The maximum Gasteiger partial charge on any atom is 0.258 e. The molecule has 3 rings (SSSR count). The summed E-state index contributed by atoms with van der Waals surface area (Å²) in [6.07, 6.45) is 0. The predicted octanol–water partition coefficient (Wildman–Crippen LogP) is 2.68. The lowest BCUT2D eigenvalue weighted by Crippen LogP contribution is -1.89. The van der Waals surface area contributed by atoms with Crippen molar-refractivity contribution in [1.82, 2.24) is 20.5 Å². The molecule has 0 saturated heterocycles. The number of anilines is 1. The number of benzene rings is 1. The summed E-state index contributed by atoms with van der Waals surface area (Å²) in [4.78, 5) is 4.13. The van der Waals surface area contributed by atoms with E-state index in [2.05, 4.69) is 25.1 Å². The maximum absolute atomic E-state index is 5.92. The first-order valence-electron chi connectivity index (χ1n) is 5.02. The van der Waals surface area contributed by atoms with E-state index in [0.29, 0.717) is 15.6 Å². The van der Waals surface area contributed by atoms with Crippen molar-refractivity contribution < 1.29 is 9.15 Å². The summed E-state index contributed by atoms with van der Waals surface area (Å²) in [7, 11) is 0. The lowest BCUT2D eigenvalue weighted by Gasteiger charge is -1.97. The molecule has 0 spiro atoms. The number of hydrogen-bond donors (Lipinski definition) is 1. The Morgan fingerprint density at radius 3 is 2.58 bits per heavy atom. The van der Waals surface area contributed by atoms with Crippen LogP contribution in [-0.4, -0.2) is 20.5 Å². The van der Waals surface area contributed by atoms with Crippen molar-refractivity contribution >= 4 is 29.0 Å². The van der Waals surface area contributed by atoms with Crippen molar-refractivity contribution in [3.8, 4) is 23.0 Å². The second-order valence-corrected chi connectivity index (χ2v) is 4.36. The average molecular weight is 298 g/mol. The SMILES string of the molecule is Nc1nonc1-c1noc(-c2ccc(Cl)c(Cl)c2)n1. The Bertz CT molecular complexity index is 739. The van der Waals surface area contributed by atoms with Gasteiger partial charge in [0.05, 0.1) is 10.0 Å². The molecular formula is C10H5Cl2N5O2. The topological polar surface area (TPSA) is 104 Å². The largest absolute Gasteiger partial charge is 0.379 e. The molecular weight excluding hydrogens is 293 g/mol. The van der Waals surface area contributed by atoms with Gasteiger partial charge in [0.1, 0.15) is 0 Å². The molecule has 2 N–H and O–H groups in total. The molecule has 7 nitrogen and oxygen atoms in total. The Labute approximate surface area is 116 Å². The molecule has 0 bridgehead atoms. The Hall–Kier alpha value is -2.12. The second-order valence-electron chi connectivity index (χ2n) is 3.55. The standard InChI is InChI=1S/C10H5Cl2N5O2/c11-5-2-1-4(3-6(5)12)10-14-9(17-18-10)7-8(13)16-19-15-7/h1-3H,(H2,13,16). The first kappa shape index (κ1) is 11.9. The minimum atomic E-state index is 0.0847. The van der Waals surface area contributed by atoms with Gasteiger partial charge in [0.25, 0.3) is 5.89 Å². The number of aromatic nitrogens is 4. The smallest absolute Gasteiger partial charge is 0.258 e. The molecule has 0 aliphatic rings. The summed E-state index contributed by atoms with van der Waals surface area (Å²) in [6, 6.07) is 4.95. The van der Waals surface area contributed by atoms with Gasteiger partial charge in [-0.3, -0.25) is 0 Å². The van der Waals surface area contributed by atoms with E-state index in [1.54, 1.807) is 18.2 Å². The number of nitrogens with zero attached hydrogens (tertiary/aromatic N) is 4. The zero-order valence-corrected chi connectivity index (χ0v) is 10.7. The van der Waals surface area contributed by atoms with Crippen molar-refractivity contribution in [3.63, 3.8) is 0 Å². The number of rotatable bonds is 2. The molecule has 0 amide bonds. The van der Waals surface area contributed by atoms with Crippen molar-refractivity contribution in [2.75, 3.05) is 5.73 Å². The molecule has 0 radical (unpaired) electrons. The maximum atomic E-state index is 5.92. The molecule has 0 aliphatic carbocycles. The fourth-order valence-corrected chi connectivity index (χ4v) is 1.71. The van der Waals surface area contributed by atoms with Gasteiger partial charge in [0, 0.05) is 5.56 Å². The van der Waals surface area contributed by atoms with Crippen LogP contribution in [0.1, 0.15) is 0 Å². The van der Waals surface area contributed by atoms with E-state index >= 15 is 0 Å². The van der Waals surface area contributed by atoms with Crippen molar-refractivity contribution in [1.29, 1.82) is 0 Å². The van der Waals surface area contributed by atoms with Gasteiger partial charge in [0.2, 0.25) is 5.82 Å². The van der Waals surface area contributed by atoms with Gasteiger partial charge in [-0.2, -0.15) is 4.98 Å². The quantitative estimate of drug-likeness (QED) is 0.775. The summed E-state index contributed by atoms with van der Waals surface area (Å²) < 4.78 is 9.56. The molecule has 19 heavy (non-hydrogen) atoms. The van der Waals surface area contributed by atoms with Gasteiger partial charge < -0.3 is 10.3 Å². The monoisotopic (exact) mass is 297 g/mol. The molecule has 96 valence electrons. The third-order valence-corrected chi connectivity index (χ3v) is 3.06. The van der Waals surface area contributed by atoms with Gasteiger partial charge >= 0.3 is 0 Å². The van der Waals surface area contributed by atoms with Crippen LogP contribution >= 0.6 is 23.2 Å². The van der Waals surface area contributed by atoms with Crippen molar-refractivity contribution in [3.05, 3.63) is 28.2 Å². The number of halogens is 2. The number of nitrogen functional groups attached to an aromatic ring is 1. The highest BCUT2D eigenvalue weighted by Crippen LogP contribution is 2.29. The zero-order chi connectivity index (χ0) is 13.4. The molecule has 1 aromatic carbocycles. The highest BCUT2D eigenvalue weighted by atomic mass is 35.5. The van der Waals surface area contributed by atoms with Crippen LogP contribution in [0.5, 0.6) is 0 Å². The van der Waals surface area contributed by atoms with Crippen LogP contribution in [0.2, 0.25) is 10.0 Å². The van der Waals surface area contributed by atoms with Crippen LogP contribution in [0.25, 0.3) is 23.0 Å². The molecule has 0 unspecified atom stereocenters. The second kappa shape index (κ2) is 4.52. The number of hydrogen-bond acceptors (Lipinski definition) is 7. The first-order chi connectivity index (χ1) is 9.15. The molecule has 2 aromatic heterocycles. The molecule has 9 heteroatoms. The van der Waals surface area contributed by atoms with E-state index in [0.717, 1.165) is 0 Å². The third-order valence-electron chi connectivity index (χ3n) is 2.32. The van der Waals surface area contributed by atoms with E-state index < -0.39 is 0 Å². The lowest BCUT2D eigenvalue weighted by molar-refractivity contribution is 0.310. The Morgan fingerprint density at radius 2 is 1.89 bits per heavy atom. The van der Waals surface area contributed by atoms with E-state index in [1.807, 2.05) is 0 Å². The number of nitrogens with two attached hydrogens (primary N) is 1. The highest BCUT2D eigenvalue weighted by molar-refractivity contribution is 6.42. The van der Waals surface area contributed by atoms with Crippen molar-refractivity contribution in [2.45, 2.75) is 0 Å². The van der Waals surface area contributed by atoms with E-state index in [4.69, 9.17) is 33.5 Å². The average Bonchev–Trinajstić information content (AvgIpc) is 3.01. The van der Waals surface area contributed by atoms with Crippen molar-refractivity contribution in [2.24, 2.45) is 0 Å². The van der Waals surface area contributed by atoms with Gasteiger partial charge in [-0.1, -0.05) is 28.4 Å². The van der Waals surface area contributed by atoms with E-state index in [-0.39, 0.29) is 23.2 Å². The molecule has 0 fully saturated rings. The van der Waals surface area contributed by atoms with Gasteiger partial charge in [0.15, 0.2) is 11.5 Å². The van der Waals surface area contributed by atoms with Crippen LogP contribution in [0, 0.1) is 0 Å². The Balaban J connectivity index is 2.01. The normalized spacial score (nSPS) is 10.8. The first-order valence-corrected chi connectivity index (χ1v) is 5.78. The summed E-state index contributed by atoms with van der Waals surface area (Å²) in [5.74, 6) is 0.525. The lowest BCUT2D eigenvalue weighted by atomic mass is 10.2. The summed E-state index contributed by atoms with van der Waals surface area (Å²) in [5, 5.41) is 11.6. The minimum Gasteiger partial charge on any atom is -0.379 e. The predicted molar refractivity (Wildman–Crippen MR) is 67.5 cm³/mol. The minimum absolute atomic E-state index is 0.0847. The molecule has 0 saturated carbocycles. The van der Waals surface area contributed by atoms with Gasteiger partial charge in [-0.05, 0) is 28.5 Å².